The highest BCUT2D eigenvalue weighted by Gasteiger charge is 2.28. The Morgan fingerprint density at radius 2 is 1.70 bits per heavy atom. The molecule has 8 heteroatoms. The predicted octanol–water partition coefficient (Wildman–Crippen LogP) is 2.04. The van der Waals surface area contributed by atoms with Crippen LogP contribution in [-0.4, -0.2) is 44.8 Å². The fourth-order valence-corrected chi connectivity index (χ4v) is 2.54. The zero-order valence-corrected chi connectivity index (χ0v) is 14.7. The summed E-state index contributed by atoms with van der Waals surface area (Å²) in [6.45, 7) is 0.00704. The lowest BCUT2D eigenvalue weighted by atomic mass is 10.1. The Kier molecular flexibility index (Phi) is 5.25. The number of rotatable bonds is 4. The van der Waals surface area contributed by atoms with Gasteiger partial charge in [0.2, 0.25) is 6.10 Å². The monoisotopic (exact) mass is 371 g/mol. The van der Waals surface area contributed by atoms with Gasteiger partial charge >= 0.3 is 11.9 Å². The van der Waals surface area contributed by atoms with E-state index in [2.05, 4.69) is 10.1 Å². The molecule has 1 heterocycles. The highest BCUT2D eigenvalue weighted by molar-refractivity contribution is 6.04. The highest BCUT2D eigenvalue weighted by Crippen LogP contribution is 2.31. The Hall–Kier alpha value is -3.55. The quantitative estimate of drug-likeness (QED) is 0.821. The molecule has 1 aliphatic rings. The molecule has 27 heavy (non-hydrogen) atoms. The van der Waals surface area contributed by atoms with Gasteiger partial charge in [0.15, 0.2) is 11.5 Å². The van der Waals surface area contributed by atoms with Gasteiger partial charge in [-0.15, -0.1) is 0 Å². The average Bonchev–Trinajstić information content (AvgIpc) is 2.72. The van der Waals surface area contributed by atoms with E-state index in [-0.39, 0.29) is 23.4 Å². The molecule has 2 aromatic carbocycles. The first-order valence-electron chi connectivity index (χ1n) is 8.03. The number of nitrogens with one attached hydrogen (secondary N) is 1. The van der Waals surface area contributed by atoms with Crippen LogP contribution in [0.15, 0.2) is 42.5 Å². The van der Waals surface area contributed by atoms with Gasteiger partial charge in [-0.1, -0.05) is 12.1 Å². The molecule has 1 amide bonds. The molecule has 1 aliphatic heterocycles. The number of hydrogen-bond acceptors (Lipinski definition) is 7. The molecule has 2 aromatic rings. The van der Waals surface area contributed by atoms with Gasteiger partial charge in [0.25, 0.3) is 5.91 Å². The minimum Gasteiger partial charge on any atom is -0.485 e. The minimum absolute atomic E-state index is 0.00704. The lowest BCUT2D eigenvalue weighted by molar-refractivity contribution is -0.125. The first kappa shape index (κ1) is 18.2. The summed E-state index contributed by atoms with van der Waals surface area (Å²) in [7, 11) is 2.45. The molecule has 0 fully saturated rings. The first-order valence-corrected chi connectivity index (χ1v) is 8.03. The van der Waals surface area contributed by atoms with E-state index in [0.29, 0.717) is 11.5 Å². The van der Waals surface area contributed by atoms with E-state index in [1.807, 2.05) is 0 Å². The van der Waals surface area contributed by atoms with E-state index in [4.69, 9.17) is 14.2 Å². The summed E-state index contributed by atoms with van der Waals surface area (Å²) in [4.78, 5) is 36.3. The van der Waals surface area contributed by atoms with Crippen LogP contribution < -0.4 is 14.8 Å². The topological polar surface area (TPSA) is 100 Å². The molecule has 0 bridgehead atoms. The molecule has 0 saturated heterocycles. The predicted molar refractivity (Wildman–Crippen MR) is 94.1 cm³/mol. The number of carbonyl (C=O) groups excluding carboxylic acids is 3. The van der Waals surface area contributed by atoms with Crippen molar-refractivity contribution in [3.63, 3.8) is 0 Å². The van der Waals surface area contributed by atoms with Gasteiger partial charge < -0.3 is 24.3 Å². The normalized spacial score (nSPS) is 14.8. The largest absolute Gasteiger partial charge is 0.485 e. The molecule has 0 saturated carbocycles. The molecule has 3 rings (SSSR count). The molecule has 0 radical (unpaired) electrons. The number of para-hydroxylation sites is 2. The van der Waals surface area contributed by atoms with Crippen molar-refractivity contribution in [2.45, 2.75) is 6.10 Å². The Bertz CT molecular complexity index is 893. The van der Waals surface area contributed by atoms with Crippen molar-refractivity contribution in [2.24, 2.45) is 0 Å². The van der Waals surface area contributed by atoms with Crippen molar-refractivity contribution in [1.82, 2.24) is 0 Å². The summed E-state index contributed by atoms with van der Waals surface area (Å²) >= 11 is 0. The lowest BCUT2D eigenvalue weighted by Crippen LogP contribution is -2.40. The molecule has 0 spiro atoms. The number of amides is 1. The maximum atomic E-state index is 12.6. The summed E-state index contributed by atoms with van der Waals surface area (Å²) in [6, 6.07) is 11.1. The van der Waals surface area contributed by atoms with Crippen molar-refractivity contribution in [2.75, 3.05) is 26.1 Å². The second-order valence-corrected chi connectivity index (χ2v) is 5.60. The van der Waals surface area contributed by atoms with Crippen LogP contribution in [0.1, 0.15) is 20.7 Å². The van der Waals surface area contributed by atoms with E-state index in [0.717, 1.165) is 0 Å². The first-order chi connectivity index (χ1) is 13.0. The Morgan fingerprint density at radius 3 is 2.41 bits per heavy atom. The van der Waals surface area contributed by atoms with Gasteiger partial charge in [0, 0.05) is 0 Å². The second kappa shape index (κ2) is 7.77. The molecular weight excluding hydrogens is 354 g/mol. The Morgan fingerprint density at radius 1 is 1.00 bits per heavy atom. The molecule has 1 atom stereocenters. The van der Waals surface area contributed by atoms with Gasteiger partial charge in [-0.25, -0.2) is 9.59 Å². The van der Waals surface area contributed by atoms with Crippen molar-refractivity contribution in [3.8, 4) is 11.5 Å². The molecule has 1 N–H and O–H groups in total. The summed E-state index contributed by atoms with van der Waals surface area (Å²) < 4.78 is 20.5. The van der Waals surface area contributed by atoms with Gasteiger partial charge in [0.1, 0.15) is 6.61 Å². The maximum Gasteiger partial charge on any atom is 0.339 e. The summed E-state index contributed by atoms with van der Waals surface area (Å²) in [5, 5.41) is 2.59. The third-order valence-corrected chi connectivity index (χ3v) is 3.90. The van der Waals surface area contributed by atoms with Gasteiger partial charge in [-0.2, -0.15) is 0 Å². The van der Waals surface area contributed by atoms with Crippen molar-refractivity contribution < 1.29 is 33.3 Å². The van der Waals surface area contributed by atoms with E-state index in [1.165, 1.54) is 32.4 Å². The molecule has 0 aromatic heterocycles. The minimum atomic E-state index is -0.924. The van der Waals surface area contributed by atoms with E-state index >= 15 is 0 Å². The van der Waals surface area contributed by atoms with Crippen LogP contribution in [0.3, 0.4) is 0 Å². The smallest absolute Gasteiger partial charge is 0.339 e. The SMILES string of the molecule is COC(=O)c1ccc(C(=O)OC)c(NC(=O)C2COc3ccccc3O2)c1. The standard InChI is InChI=1S/C19H17NO7/c1-24-18(22)11-7-8-12(19(23)25-2)13(9-11)20-17(21)16-10-26-14-5-3-4-6-15(14)27-16/h3-9,16H,10H2,1-2H3,(H,20,21). The third-order valence-electron chi connectivity index (χ3n) is 3.90. The number of carbonyl (C=O) groups is 3. The molecule has 8 nitrogen and oxygen atoms in total. The van der Waals surface area contributed by atoms with Crippen LogP contribution in [0.25, 0.3) is 0 Å². The number of fused-ring (bicyclic) bond motifs is 1. The van der Waals surface area contributed by atoms with E-state index in [9.17, 15) is 14.4 Å². The molecule has 1 unspecified atom stereocenters. The van der Waals surface area contributed by atoms with Crippen LogP contribution in [0.4, 0.5) is 5.69 Å². The Balaban J connectivity index is 1.84. The number of methoxy groups -OCH3 is 2. The summed E-state index contributed by atoms with van der Waals surface area (Å²) in [5.74, 6) is -0.803. The fourth-order valence-electron chi connectivity index (χ4n) is 2.54. The summed E-state index contributed by atoms with van der Waals surface area (Å²) in [5.41, 5.74) is 0.374. The number of anilines is 1. The van der Waals surface area contributed by atoms with Crippen LogP contribution in [0.5, 0.6) is 11.5 Å². The van der Waals surface area contributed by atoms with Gasteiger partial charge in [-0.05, 0) is 30.3 Å². The third kappa shape index (κ3) is 3.84. The zero-order chi connectivity index (χ0) is 19.4. The average molecular weight is 371 g/mol. The summed E-state index contributed by atoms with van der Waals surface area (Å²) in [6.07, 6.45) is -0.924. The van der Waals surface area contributed by atoms with E-state index < -0.39 is 23.9 Å². The zero-order valence-electron chi connectivity index (χ0n) is 14.7. The van der Waals surface area contributed by atoms with Crippen LogP contribution in [0.2, 0.25) is 0 Å². The molecular formula is C19H17NO7. The number of benzene rings is 2. The number of ether oxygens (including phenoxy) is 4. The Labute approximate surface area is 155 Å². The highest BCUT2D eigenvalue weighted by atomic mass is 16.6. The van der Waals surface area contributed by atoms with Crippen LogP contribution in [-0.2, 0) is 14.3 Å². The van der Waals surface area contributed by atoms with Crippen molar-refractivity contribution >= 4 is 23.5 Å². The molecule has 140 valence electrons. The number of esters is 2. The second-order valence-electron chi connectivity index (χ2n) is 5.60. The van der Waals surface area contributed by atoms with Crippen LogP contribution >= 0.6 is 0 Å². The fraction of sp³-hybridized carbons (Fsp3) is 0.211. The van der Waals surface area contributed by atoms with Gasteiger partial charge in [0.05, 0.1) is 31.0 Å². The van der Waals surface area contributed by atoms with Crippen molar-refractivity contribution in [1.29, 1.82) is 0 Å². The number of hydrogen-bond donors (Lipinski definition) is 1. The van der Waals surface area contributed by atoms with E-state index in [1.54, 1.807) is 24.3 Å². The lowest BCUT2D eigenvalue weighted by Gasteiger charge is -2.25. The van der Waals surface area contributed by atoms with Crippen molar-refractivity contribution in [3.05, 3.63) is 53.6 Å². The molecule has 0 aliphatic carbocycles. The maximum absolute atomic E-state index is 12.6. The van der Waals surface area contributed by atoms with Crippen LogP contribution in [0, 0.1) is 0 Å². The van der Waals surface area contributed by atoms with Gasteiger partial charge in [-0.3, -0.25) is 4.79 Å².